The van der Waals surface area contributed by atoms with E-state index in [1.54, 1.807) is 60.7 Å². The third-order valence-corrected chi connectivity index (χ3v) is 9.50. The number of thioether (sulfide) groups is 1. The van der Waals surface area contributed by atoms with Gasteiger partial charge in [-0.25, -0.2) is 4.39 Å². The molecule has 0 spiro atoms. The van der Waals surface area contributed by atoms with Crippen molar-refractivity contribution < 1.29 is 28.6 Å². The Kier molecular flexibility index (Phi) is 9.94. The molecule has 0 saturated carbocycles. The lowest BCUT2D eigenvalue weighted by atomic mass is 9.95. The number of ketones is 1. The van der Waals surface area contributed by atoms with Crippen LogP contribution in [0.25, 0.3) is 5.76 Å². The van der Waals surface area contributed by atoms with Gasteiger partial charge < -0.3 is 14.6 Å². The molecule has 6 rings (SSSR count). The molecule has 1 aliphatic heterocycles. The quantitative estimate of drug-likeness (QED) is 0.0353. The summed E-state index contributed by atoms with van der Waals surface area (Å²) >= 11 is 2.53. The van der Waals surface area contributed by atoms with E-state index < -0.39 is 17.7 Å². The Balaban J connectivity index is 1.36. The van der Waals surface area contributed by atoms with Crippen molar-refractivity contribution in [3.63, 3.8) is 0 Å². The smallest absolute Gasteiger partial charge is 0.301 e. The summed E-state index contributed by atoms with van der Waals surface area (Å²) < 4.78 is 25.7. The van der Waals surface area contributed by atoms with Crippen molar-refractivity contribution >= 4 is 45.7 Å². The molecule has 0 radical (unpaired) electrons. The highest BCUT2D eigenvalue weighted by Crippen LogP contribution is 2.45. The zero-order valence-corrected chi connectivity index (χ0v) is 27.0. The molecule has 0 bridgehead atoms. The summed E-state index contributed by atoms with van der Waals surface area (Å²) in [6.07, 6.45) is 1.91. The molecular weight excluding hydrogens is 638 g/mol. The number of hydrogen-bond acceptors (Lipinski definition) is 9. The second-order valence-electron chi connectivity index (χ2n) is 10.6. The summed E-state index contributed by atoms with van der Waals surface area (Å²) in [5.41, 5.74) is 1.71. The van der Waals surface area contributed by atoms with Crippen molar-refractivity contribution in [1.29, 1.82) is 0 Å². The molecule has 11 heteroatoms. The lowest BCUT2D eigenvalue weighted by Crippen LogP contribution is -2.29. The first-order valence-corrected chi connectivity index (χ1v) is 16.8. The largest absolute Gasteiger partial charge is 0.507 e. The third kappa shape index (κ3) is 7.37. The van der Waals surface area contributed by atoms with Gasteiger partial charge in [-0.2, -0.15) is 0 Å². The molecule has 1 fully saturated rings. The number of rotatable bonds is 12. The molecule has 0 aliphatic carbocycles. The lowest BCUT2D eigenvalue weighted by molar-refractivity contribution is -0.132. The average molecular weight is 668 g/mol. The van der Waals surface area contributed by atoms with Gasteiger partial charge in [0.25, 0.3) is 5.78 Å². The Hall–Kier alpha value is -5.00. The SMILES string of the molecule is CCCCOc1ccc(/C(O)=C2\C(=O)C(=O)N(c3nnc(SCc4ccc(F)cc4)s3)C2c2cccc(Oc3ccccc3)c2)cc1. The molecule has 1 N–H and O–H groups in total. The number of anilines is 1. The fourth-order valence-electron chi connectivity index (χ4n) is 5.00. The van der Waals surface area contributed by atoms with Crippen LogP contribution >= 0.6 is 23.1 Å². The van der Waals surface area contributed by atoms with Crippen LogP contribution in [0.3, 0.4) is 0 Å². The van der Waals surface area contributed by atoms with E-state index in [1.165, 1.54) is 28.8 Å². The van der Waals surface area contributed by atoms with E-state index >= 15 is 0 Å². The Labute approximate surface area is 279 Å². The van der Waals surface area contributed by atoms with Crippen LogP contribution in [0, 0.1) is 5.82 Å². The standard InChI is InChI=1S/C36H30FN3O5S2/c1-2-3-20-44-27-18-14-24(15-19-27)32(41)30-31(25-8-7-11-29(21-25)45-28-9-5-4-6-10-28)40(34(43)33(30)42)35-38-39-36(47-35)46-22-23-12-16-26(37)17-13-23/h4-19,21,31,41H,2-3,20,22H2,1H3/b32-30+. The van der Waals surface area contributed by atoms with Gasteiger partial charge >= 0.3 is 5.91 Å². The number of ether oxygens (including phenoxy) is 2. The fraction of sp³-hybridized carbons (Fsp3) is 0.167. The zero-order chi connectivity index (χ0) is 32.8. The average Bonchev–Trinajstić information content (AvgIpc) is 3.66. The van der Waals surface area contributed by atoms with Gasteiger partial charge in [-0.1, -0.05) is 78.9 Å². The first-order chi connectivity index (χ1) is 22.9. The van der Waals surface area contributed by atoms with Crippen LogP contribution in [-0.4, -0.2) is 33.6 Å². The molecule has 1 aliphatic rings. The summed E-state index contributed by atoms with van der Waals surface area (Å²) in [7, 11) is 0. The van der Waals surface area contributed by atoms with Crippen LogP contribution in [0.5, 0.6) is 17.2 Å². The number of carbonyl (C=O) groups excluding carboxylic acids is 2. The number of aliphatic hydroxyl groups is 1. The third-order valence-electron chi connectivity index (χ3n) is 7.37. The van der Waals surface area contributed by atoms with Crippen LogP contribution in [0.1, 0.15) is 42.5 Å². The molecule has 1 saturated heterocycles. The predicted octanol–water partition coefficient (Wildman–Crippen LogP) is 8.57. The second-order valence-corrected chi connectivity index (χ2v) is 12.8. The number of benzene rings is 4. The number of unbranched alkanes of at least 4 members (excludes halogenated alkanes) is 1. The fourth-order valence-corrected chi connectivity index (χ4v) is 6.82. The van der Waals surface area contributed by atoms with E-state index in [0.717, 1.165) is 29.7 Å². The van der Waals surface area contributed by atoms with E-state index in [9.17, 15) is 19.1 Å². The summed E-state index contributed by atoms with van der Waals surface area (Å²) in [5.74, 6) is -0.0706. The summed E-state index contributed by atoms with van der Waals surface area (Å²) in [4.78, 5) is 28.7. The first-order valence-electron chi connectivity index (χ1n) is 15.0. The minimum absolute atomic E-state index is 0.0813. The molecule has 1 unspecified atom stereocenters. The highest BCUT2D eigenvalue weighted by Gasteiger charge is 2.48. The number of carbonyl (C=O) groups is 2. The molecule has 238 valence electrons. The lowest BCUT2D eigenvalue weighted by Gasteiger charge is -2.23. The van der Waals surface area contributed by atoms with E-state index in [-0.39, 0.29) is 22.3 Å². The van der Waals surface area contributed by atoms with E-state index in [1.807, 2.05) is 30.3 Å². The van der Waals surface area contributed by atoms with Gasteiger partial charge in [0, 0.05) is 11.3 Å². The number of aromatic nitrogens is 2. The molecule has 1 aromatic heterocycles. The minimum atomic E-state index is -1.02. The Morgan fingerprint density at radius 1 is 0.915 bits per heavy atom. The molecular formula is C36H30FN3O5S2. The number of para-hydroxylation sites is 1. The maximum atomic E-state index is 13.7. The van der Waals surface area contributed by atoms with Crippen LogP contribution in [0.15, 0.2) is 113 Å². The van der Waals surface area contributed by atoms with Gasteiger partial charge in [0.2, 0.25) is 5.13 Å². The molecule has 4 aromatic carbocycles. The van der Waals surface area contributed by atoms with E-state index in [2.05, 4.69) is 17.1 Å². The molecule has 5 aromatic rings. The highest BCUT2D eigenvalue weighted by molar-refractivity contribution is 8.00. The molecule has 2 heterocycles. The molecule has 1 atom stereocenters. The number of hydrogen-bond donors (Lipinski definition) is 1. The topological polar surface area (TPSA) is 102 Å². The summed E-state index contributed by atoms with van der Waals surface area (Å²) in [6.45, 7) is 2.65. The van der Waals surface area contributed by atoms with Crippen LogP contribution in [0.2, 0.25) is 0 Å². The number of nitrogens with zero attached hydrogens (tertiary/aromatic N) is 3. The number of Topliss-reactive ketones (excluding diaryl/α,β-unsaturated/α-hetero) is 1. The highest BCUT2D eigenvalue weighted by atomic mass is 32.2. The molecule has 1 amide bonds. The van der Waals surface area contributed by atoms with Gasteiger partial charge in [0.05, 0.1) is 18.2 Å². The van der Waals surface area contributed by atoms with Gasteiger partial charge in [-0.15, -0.1) is 10.2 Å². The Morgan fingerprint density at radius 2 is 1.66 bits per heavy atom. The van der Waals surface area contributed by atoms with Gasteiger partial charge in [0.15, 0.2) is 4.34 Å². The normalized spacial score (nSPS) is 15.6. The van der Waals surface area contributed by atoms with Gasteiger partial charge in [-0.3, -0.25) is 14.5 Å². The van der Waals surface area contributed by atoms with Crippen molar-refractivity contribution in [3.05, 3.63) is 131 Å². The van der Waals surface area contributed by atoms with E-state index in [0.29, 0.717) is 45.1 Å². The van der Waals surface area contributed by atoms with Crippen molar-refractivity contribution in [2.24, 2.45) is 0 Å². The first kappa shape index (κ1) is 32.0. The van der Waals surface area contributed by atoms with Crippen LogP contribution < -0.4 is 14.4 Å². The van der Waals surface area contributed by atoms with Crippen molar-refractivity contribution in [2.75, 3.05) is 11.5 Å². The second kappa shape index (κ2) is 14.6. The number of aliphatic hydroxyl groups excluding tert-OH is 1. The summed E-state index contributed by atoms with van der Waals surface area (Å²) in [6, 6.07) is 28.2. The Morgan fingerprint density at radius 3 is 2.40 bits per heavy atom. The Bertz CT molecular complexity index is 1900. The maximum Gasteiger partial charge on any atom is 0.301 e. The van der Waals surface area contributed by atoms with Crippen molar-refractivity contribution in [2.45, 2.75) is 35.9 Å². The summed E-state index contributed by atoms with van der Waals surface area (Å²) in [5, 5.41) is 20.3. The number of halogens is 1. The zero-order valence-electron chi connectivity index (χ0n) is 25.3. The monoisotopic (exact) mass is 667 g/mol. The predicted molar refractivity (Wildman–Crippen MR) is 180 cm³/mol. The van der Waals surface area contributed by atoms with Crippen LogP contribution in [0.4, 0.5) is 9.52 Å². The van der Waals surface area contributed by atoms with Crippen LogP contribution in [-0.2, 0) is 15.3 Å². The molecule has 8 nitrogen and oxygen atoms in total. The van der Waals surface area contributed by atoms with Gasteiger partial charge in [-0.05, 0) is 78.2 Å². The maximum absolute atomic E-state index is 13.7. The minimum Gasteiger partial charge on any atom is -0.507 e. The number of amides is 1. The van der Waals surface area contributed by atoms with Gasteiger partial charge in [0.1, 0.15) is 28.8 Å². The molecule has 47 heavy (non-hydrogen) atoms. The van der Waals surface area contributed by atoms with E-state index in [4.69, 9.17) is 9.47 Å². The van der Waals surface area contributed by atoms with Crippen molar-refractivity contribution in [1.82, 2.24) is 10.2 Å². The van der Waals surface area contributed by atoms with Crippen molar-refractivity contribution in [3.8, 4) is 17.2 Å².